The Balaban J connectivity index is 2.53. The zero-order valence-corrected chi connectivity index (χ0v) is 10.4. The Labute approximate surface area is 102 Å². The Kier molecular flexibility index (Phi) is 5.00. The Morgan fingerprint density at radius 3 is 2.88 bits per heavy atom. The Bertz CT molecular complexity index is 428. The standard InChI is InChI=1S/C12H11BrFNO/c1-9(16)15-5-3-2-4-10-6-11(13)8-12(14)7-10/h6-8H,3,5H2,1H3,(H,15,16). The number of hydrogen-bond donors (Lipinski definition) is 1. The van der Waals surface area contributed by atoms with Gasteiger partial charge in [-0.25, -0.2) is 4.39 Å². The zero-order chi connectivity index (χ0) is 12.0. The highest BCUT2D eigenvalue weighted by Crippen LogP contribution is 2.13. The van der Waals surface area contributed by atoms with Crippen LogP contribution in [0, 0.1) is 17.7 Å². The van der Waals surface area contributed by atoms with E-state index in [0.717, 1.165) is 0 Å². The molecule has 1 aromatic rings. The highest BCUT2D eigenvalue weighted by Gasteiger charge is 1.95. The summed E-state index contributed by atoms with van der Waals surface area (Å²) in [6, 6.07) is 4.49. The van der Waals surface area contributed by atoms with Crippen LogP contribution < -0.4 is 5.32 Å². The average Bonchev–Trinajstić information content (AvgIpc) is 2.15. The van der Waals surface area contributed by atoms with Gasteiger partial charge in [0.1, 0.15) is 5.82 Å². The minimum Gasteiger partial charge on any atom is -0.355 e. The molecule has 0 aliphatic carbocycles. The molecule has 84 valence electrons. The number of rotatable bonds is 2. The molecule has 0 unspecified atom stereocenters. The summed E-state index contributed by atoms with van der Waals surface area (Å²) < 4.78 is 13.6. The van der Waals surface area contributed by atoms with E-state index in [1.165, 1.54) is 19.1 Å². The van der Waals surface area contributed by atoms with Gasteiger partial charge in [0, 0.05) is 29.9 Å². The summed E-state index contributed by atoms with van der Waals surface area (Å²) in [5, 5.41) is 2.63. The van der Waals surface area contributed by atoms with Crippen LogP contribution in [0.5, 0.6) is 0 Å². The van der Waals surface area contributed by atoms with Crippen molar-refractivity contribution in [3.8, 4) is 11.8 Å². The molecule has 0 atom stereocenters. The summed E-state index contributed by atoms with van der Waals surface area (Å²) in [7, 11) is 0. The highest BCUT2D eigenvalue weighted by molar-refractivity contribution is 9.10. The number of hydrogen-bond acceptors (Lipinski definition) is 1. The van der Waals surface area contributed by atoms with E-state index in [0.29, 0.717) is 23.0 Å². The van der Waals surface area contributed by atoms with Gasteiger partial charge in [-0.15, -0.1) is 0 Å². The van der Waals surface area contributed by atoms with Gasteiger partial charge in [0.25, 0.3) is 0 Å². The lowest BCUT2D eigenvalue weighted by molar-refractivity contribution is -0.118. The SMILES string of the molecule is CC(=O)NCCC#Cc1cc(F)cc(Br)c1. The molecule has 4 heteroatoms. The van der Waals surface area contributed by atoms with Gasteiger partial charge in [-0.1, -0.05) is 27.8 Å². The summed E-state index contributed by atoms with van der Waals surface area (Å²) in [6.45, 7) is 1.97. The molecule has 1 aromatic carbocycles. The summed E-state index contributed by atoms with van der Waals surface area (Å²) in [5.41, 5.74) is 0.620. The van der Waals surface area contributed by atoms with Crippen molar-refractivity contribution >= 4 is 21.8 Å². The number of benzene rings is 1. The third-order valence-electron chi connectivity index (χ3n) is 1.72. The van der Waals surface area contributed by atoms with Crippen molar-refractivity contribution < 1.29 is 9.18 Å². The van der Waals surface area contributed by atoms with Gasteiger partial charge in [-0.05, 0) is 18.2 Å². The molecule has 1 rings (SSSR count). The predicted molar refractivity (Wildman–Crippen MR) is 64.3 cm³/mol. The van der Waals surface area contributed by atoms with Gasteiger partial charge in [0.05, 0.1) is 0 Å². The first-order valence-corrected chi connectivity index (χ1v) is 5.56. The van der Waals surface area contributed by atoms with Crippen LogP contribution in [-0.4, -0.2) is 12.5 Å². The van der Waals surface area contributed by atoms with Gasteiger partial charge in [0.2, 0.25) is 5.91 Å². The second-order valence-electron chi connectivity index (χ2n) is 3.19. The first kappa shape index (κ1) is 12.7. The molecule has 0 aliphatic rings. The van der Waals surface area contributed by atoms with Crippen LogP contribution in [0.3, 0.4) is 0 Å². The van der Waals surface area contributed by atoms with Crippen molar-refractivity contribution in [1.29, 1.82) is 0 Å². The van der Waals surface area contributed by atoms with E-state index in [1.807, 2.05) is 0 Å². The predicted octanol–water partition coefficient (Wildman–Crippen LogP) is 2.47. The maximum atomic E-state index is 13.0. The van der Waals surface area contributed by atoms with Crippen LogP contribution >= 0.6 is 15.9 Å². The molecule has 0 bridgehead atoms. The van der Waals surface area contributed by atoms with E-state index in [9.17, 15) is 9.18 Å². The molecule has 0 aliphatic heterocycles. The fourth-order valence-electron chi connectivity index (χ4n) is 1.09. The summed E-state index contributed by atoms with van der Waals surface area (Å²) in [5.74, 6) is 5.30. The largest absolute Gasteiger partial charge is 0.355 e. The van der Waals surface area contributed by atoms with E-state index >= 15 is 0 Å². The number of amides is 1. The van der Waals surface area contributed by atoms with Crippen LogP contribution in [0.1, 0.15) is 18.9 Å². The lowest BCUT2D eigenvalue weighted by Gasteiger charge is -1.95. The molecular weight excluding hydrogens is 273 g/mol. The Hall–Kier alpha value is -1.34. The van der Waals surface area contributed by atoms with Crippen LogP contribution in [0.4, 0.5) is 4.39 Å². The van der Waals surface area contributed by atoms with Crippen molar-refractivity contribution in [2.24, 2.45) is 0 Å². The lowest BCUT2D eigenvalue weighted by Crippen LogP contribution is -2.20. The van der Waals surface area contributed by atoms with Crippen LogP contribution in [0.25, 0.3) is 0 Å². The molecule has 0 fully saturated rings. The quantitative estimate of drug-likeness (QED) is 0.656. The fraction of sp³-hybridized carbons (Fsp3) is 0.250. The van der Waals surface area contributed by atoms with E-state index < -0.39 is 0 Å². The highest BCUT2D eigenvalue weighted by atomic mass is 79.9. The maximum Gasteiger partial charge on any atom is 0.216 e. The molecule has 0 spiro atoms. The number of carbonyl (C=O) groups excluding carboxylic acids is 1. The smallest absolute Gasteiger partial charge is 0.216 e. The van der Waals surface area contributed by atoms with Gasteiger partial charge in [0.15, 0.2) is 0 Å². The molecule has 1 amide bonds. The van der Waals surface area contributed by atoms with Crippen molar-refractivity contribution in [3.63, 3.8) is 0 Å². The molecule has 0 aromatic heterocycles. The van der Waals surface area contributed by atoms with Crippen molar-refractivity contribution in [3.05, 3.63) is 34.1 Å². The average molecular weight is 284 g/mol. The minimum absolute atomic E-state index is 0.0738. The molecule has 1 N–H and O–H groups in total. The molecule has 2 nitrogen and oxygen atoms in total. The van der Waals surface area contributed by atoms with Crippen molar-refractivity contribution in [1.82, 2.24) is 5.32 Å². The third kappa shape index (κ3) is 4.94. The first-order valence-electron chi connectivity index (χ1n) is 4.77. The Morgan fingerprint density at radius 1 is 1.50 bits per heavy atom. The van der Waals surface area contributed by atoms with Crippen LogP contribution in [-0.2, 0) is 4.79 Å². The summed E-state index contributed by atoms with van der Waals surface area (Å²) in [6.07, 6.45) is 0.549. The topological polar surface area (TPSA) is 29.1 Å². The maximum absolute atomic E-state index is 13.0. The van der Waals surface area contributed by atoms with Gasteiger partial charge in [-0.3, -0.25) is 4.79 Å². The van der Waals surface area contributed by atoms with Gasteiger partial charge in [-0.2, -0.15) is 0 Å². The number of halogens is 2. The molecule has 0 heterocycles. The first-order chi connectivity index (χ1) is 7.58. The van der Waals surface area contributed by atoms with E-state index in [2.05, 4.69) is 33.1 Å². The Morgan fingerprint density at radius 2 is 2.25 bits per heavy atom. The summed E-state index contributed by atoms with van der Waals surface area (Å²) in [4.78, 5) is 10.6. The van der Waals surface area contributed by atoms with E-state index in [1.54, 1.807) is 6.07 Å². The van der Waals surface area contributed by atoms with E-state index in [-0.39, 0.29) is 11.7 Å². The number of carbonyl (C=O) groups is 1. The van der Waals surface area contributed by atoms with Crippen LogP contribution in [0.15, 0.2) is 22.7 Å². The number of nitrogens with one attached hydrogen (secondary N) is 1. The summed E-state index contributed by atoms with van der Waals surface area (Å²) >= 11 is 3.19. The van der Waals surface area contributed by atoms with E-state index in [4.69, 9.17) is 0 Å². The van der Waals surface area contributed by atoms with Crippen molar-refractivity contribution in [2.45, 2.75) is 13.3 Å². The van der Waals surface area contributed by atoms with Gasteiger partial charge >= 0.3 is 0 Å². The zero-order valence-electron chi connectivity index (χ0n) is 8.81. The van der Waals surface area contributed by atoms with Crippen molar-refractivity contribution in [2.75, 3.05) is 6.54 Å². The third-order valence-corrected chi connectivity index (χ3v) is 2.18. The minimum atomic E-state index is -0.319. The van der Waals surface area contributed by atoms with Gasteiger partial charge < -0.3 is 5.32 Å². The fourth-order valence-corrected chi connectivity index (χ4v) is 1.56. The van der Waals surface area contributed by atoms with Crippen LogP contribution in [0.2, 0.25) is 0 Å². The lowest BCUT2D eigenvalue weighted by atomic mass is 10.2. The second-order valence-corrected chi connectivity index (χ2v) is 4.11. The molecule has 0 saturated heterocycles. The monoisotopic (exact) mass is 283 g/mol. The second kappa shape index (κ2) is 6.29. The normalized spacial score (nSPS) is 9.19. The molecule has 16 heavy (non-hydrogen) atoms. The molecule has 0 saturated carbocycles. The molecule has 0 radical (unpaired) electrons. The molecular formula is C12H11BrFNO.